The first-order valence-electron chi connectivity index (χ1n) is 5.20. The standard InChI is InChI=1S/C12H5Cl2N2O4/c13-7-1-3-9(11(14)5-7)10-4-2-8(15(17)18)6-12(10)16(19)20/h1-3,5-6H. The summed E-state index contributed by atoms with van der Waals surface area (Å²) in [6.07, 6.45) is 0. The van der Waals surface area contributed by atoms with E-state index >= 15 is 0 Å². The van der Waals surface area contributed by atoms with Crippen molar-refractivity contribution >= 4 is 34.6 Å². The summed E-state index contributed by atoms with van der Waals surface area (Å²) < 4.78 is 0. The molecule has 0 unspecified atom stereocenters. The number of hydrogen-bond donors (Lipinski definition) is 0. The van der Waals surface area contributed by atoms with Crippen molar-refractivity contribution in [1.82, 2.24) is 0 Å². The molecule has 2 rings (SSSR count). The smallest absolute Gasteiger partial charge is 0.258 e. The first-order valence-corrected chi connectivity index (χ1v) is 5.95. The van der Waals surface area contributed by atoms with Gasteiger partial charge >= 0.3 is 0 Å². The maximum Gasteiger partial charge on any atom is 0.284 e. The number of nitrogens with zero attached hydrogens (tertiary/aromatic N) is 2. The Balaban J connectivity index is 2.67. The van der Waals surface area contributed by atoms with Gasteiger partial charge in [0, 0.05) is 22.7 Å². The van der Waals surface area contributed by atoms with Gasteiger partial charge < -0.3 is 0 Å². The van der Waals surface area contributed by atoms with Crippen LogP contribution in [-0.4, -0.2) is 9.85 Å². The van der Waals surface area contributed by atoms with E-state index in [-0.39, 0.29) is 10.6 Å². The molecule has 2 aromatic carbocycles. The number of halogens is 2. The lowest BCUT2D eigenvalue weighted by Gasteiger charge is -2.05. The van der Waals surface area contributed by atoms with Crippen molar-refractivity contribution in [1.29, 1.82) is 0 Å². The number of nitro groups is 2. The molecule has 0 atom stereocenters. The third-order valence-corrected chi connectivity index (χ3v) is 3.06. The van der Waals surface area contributed by atoms with E-state index in [1.807, 2.05) is 0 Å². The Hall–Kier alpha value is -2.18. The Morgan fingerprint density at radius 1 is 1.05 bits per heavy atom. The highest BCUT2D eigenvalue weighted by Gasteiger charge is 2.22. The molecule has 2 aromatic rings. The Morgan fingerprint density at radius 3 is 2.30 bits per heavy atom. The minimum Gasteiger partial charge on any atom is -0.258 e. The van der Waals surface area contributed by atoms with Crippen molar-refractivity contribution in [3.8, 4) is 11.1 Å². The fraction of sp³-hybridized carbons (Fsp3) is 0. The molecule has 0 saturated carbocycles. The van der Waals surface area contributed by atoms with Crippen LogP contribution in [0.1, 0.15) is 0 Å². The van der Waals surface area contributed by atoms with Crippen LogP contribution >= 0.6 is 23.2 Å². The van der Waals surface area contributed by atoms with E-state index in [4.69, 9.17) is 23.2 Å². The van der Waals surface area contributed by atoms with Crippen molar-refractivity contribution in [2.75, 3.05) is 0 Å². The van der Waals surface area contributed by atoms with E-state index in [0.717, 1.165) is 12.1 Å². The van der Waals surface area contributed by atoms with Crippen LogP contribution in [0.5, 0.6) is 0 Å². The van der Waals surface area contributed by atoms with E-state index in [0.29, 0.717) is 10.6 Å². The van der Waals surface area contributed by atoms with E-state index in [1.54, 1.807) is 0 Å². The summed E-state index contributed by atoms with van der Waals surface area (Å²) >= 11 is 11.7. The molecule has 6 nitrogen and oxygen atoms in total. The molecule has 0 aromatic heterocycles. The summed E-state index contributed by atoms with van der Waals surface area (Å²) in [4.78, 5) is 20.3. The third kappa shape index (κ3) is 2.71. The van der Waals surface area contributed by atoms with Crippen LogP contribution < -0.4 is 0 Å². The molecule has 0 bridgehead atoms. The summed E-state index contributed by atoms with van der Waals surface area (Å²) in [7, 11) is 0. The van der Waals surface area contributed by atoms with Gasteiger partial charge in [-0.3, -0.25) is 20.2 Å². The molecule has 0 aliphatic carbocycles. The molecule has 1 radical (unpaired) electrons. The molecule has 101 valence electrons. The Morgan fingerprint density at radius 2 is 1.75 bits per heavy atom. The second-order valence-electron chi connectivity index (χ2n) is 3.76. The summed E-state index contributed by atoms with van der Waals surface area (Å²) in [5.41, 5.74) is -0.450. The maximum absolute atomic E-state index is 11.0. The van der Waals surface area contributed by atoms with Crippen molar-refractivity contribution in [2.45, 2.75) is 0 Å². The number of benzene rings is 2. The lowest BCUT2D eigenvalue weighted by atomic mass is 10.0. The van der Waals surface area contributed by atoms with Crippen molar-refractivity contribution < 1.29 is 9.85 Å². The molecule has 0 fully saturated rings. The zero-order chi connectivity index (χ0) is 14.9. The highest BCUT2D eigenvalue weighted by atomic mass is 35.5. The lowest BCUT2D eigenvalue weighted by Crippen LogP contribution is -1.96. The van der Waals surface area contributed by atoms with E-state index in [2.05, 4.69) is 6.07 Å². The quantitative estimate of drug-likeness (QED) is 0.625. The highest BCUT2D eigenvalue weighted by molar-refractivity contribution is 6.36. The van der Waals surface area contributed by atoms with Gasteiger partial charge in [-0.1, -0.05) is 29.3 Å². The van der Waals surface area contributed by atoms with E-state index in [1.165, 1.54) is 18.2 Å². The molecule has 0 aliphatic rings. The minimum absolute atomic E-state index is 0.0715. The largest absolute Gasteiger partial charge is 0.284 e. The van der Waals surface area contributed by atoms with E-state index in [9.17, 15) is 20.2 Å². The van der Waals surface area contributed by atoms with E-state index < -0.39 is 21.2 Å². The van der Waals surface area contributed by atoms with Crippen LogP contribution in [0, 0.1) is 26.3 Å². The van der Waals surface area contributed by atoms with Crippen LogP contribution in [-0.2, 0) is 0 Å². The molecular weight excluding hydrogens is 307 g/mol. The van der Waals surface area contributed by atoms with Crippen LogP contribution in [0.2, 0.25) is 10.0 Å². The number of hydrogen-bond acceptors (Lipinski definition) is 4. The molecule has 0 amide bonds. The number of rotatable bonds is 3. The topological polar surface area (TPSA) is 86.3 Å². The van der Waals surface area contributed by atoms with Crippen LogP contribution in [0.25, 0.3) is 11.1 Å². The third-order valence-electron chi connectivity index (χ3n) is 2.51. The molecule has 8 heteroatoms. The Labute approximate surface area is 122 Å². The zero-order valence-corrected chi connectivity index (χ0v) is 11.2. The summed E-state index contributed by atoms with van der Waals surface area (Å²) in [6, 6.07) is 8.91. The maximum atomic E-state index is 11.0. The van der Waals surface area contributed by atoms with Gasteiger partial charge in [0.25, 0.3) is 11.4 Å². The normalized spacial score (nSPS) is 10.3. The molecule has 20 heavy (non-hydrogen) atoms. The van der Waals surface area contributed by atoms with Gasteiger partial charge in [-0.05, 0) is 12.1 Å². The lowest BCUT2D eigenvalue weighted by molar-refractivity contribution is -0.393. The average molecular weight is 312 g/mol. The van der Waals surface area contributed by atoms with Crippen molar-refractivity contribution in [3.63, 3.8) is 0 Å². The molecule has 0 spiro atoms. The number of non-ortho nitro benzene ring substituents is 1. The van der Waals surface area contributed by atoms with Gasteiger partial charge in [0.1, 0.15) is 0 Å². The monoisotopic (exact) mass is 311 g/mol. The summed E-state index contributed by atoms with van der Waals surface area (Å²) in [5.74, 6) is 0. The summed E-state index contributed by atoms with van der Waals surface area (Å²) in [5, 5.41) is 22.3. The Bertz CT molecular complexity index is 719. The minimum atomic E-state index is -0.725. The average Bonchev–Trinajstić information content (AvgIpc) is 2.38. The van der Waals surface area contributed by atoms with Gasteiger partial charge in [-0.25, -0.2) is 0 Å². The highest BCUT2D eigenvalue weighted by Crippen LogP contribution is 2.37. The molecule has 0 heterocycles. The SMILES string of the molecule is O=[N+]([O-])c1c[c]c(-c2ccc(Cl)cc2Cl)c([N+](=O)[O-])c1. The van der Waals surface area contributed by atoms with Gasteiger partial charge in [0.15, 0.2) is 0 Å². The second-order valence-corrected chi connectivity index (χ2v) is 4.60. The molecule has 0 saturated heterocycles. The fourth-order valence-corrected chi connectivity index (χ4v) is 2.13. The second kappa shape index (κ2) is 5.44. The van der Waals surface area contributed by atoms with Crippen molar-refractivity contribution in [3.05, 3.63) is 66.7 Å². The number of nitro benzene ring substituents is 2. The van der Waals surface area contributed by atoms with Gasteiger partial charge in [0.05, 0.1) is 26.5 Å². The Kier molecular flexibility index (Phi) is 3.87. The zero-order valence-electron chi connectivity index (χ0n) is 9.67. The van der Waals surface area contributed by atoms with Crippen LogP contribution in [0.4, 0.5) is 11.4 Å². The van der Waals surface area contributed by atoms with Gasteiger partial charge in [0.2, 0.25) is 0 Å². The molecule has 0 aliphatic heterocycles. The first-order chi connectivity index (χ1) is 9.40. The van der Waals surface area contributed by atoms with Crippen molar-refractivity contribution in [2.24, 2.45) is 0 Å². The summed E-state index contributed by atoms with van der Waals surface area (Å²) in [6.45, 7) is 0. The van der Waals surface area contributed by atoms with Gasteiger partial charge in [-0.2, -0.15) is 0 Å². The van der Waals surface area contributed by atoms with Gasteiger partial charge in [-0.15, -0.1) is 0 Å². The van der Waals surface area contributed by atoms with Crippen LogP contribution in [0.3, 0.4) is 0 Å². The molecular formula is C12H5Cl2N2O4. The fourth-order valence-electron chi connectivity index (χ4n) is 1.63. The van der Waals surface area contributed by atoms with Crippen LogP contribution in [0.15, 0.2) is 30.3 Å². The molecule has 0 N–H and O–H groups in total. The predicted octanol–water partition coefficient (Wildman–Crippen LogP) is 4.28. The first kappa shape index (κ1) is 14.2. The predicted molar refractivity (Wildman–Crippen MR) is 74.0 cm³/mol.